The van der Waals surface area contributed by atoms with Crippen molar-refractivity contribution in [2.24, 2.45) is 0 Å². The van der Waals surface area contributed by atoms with E-state index in [0.29, 0.717) is 36.2 Å². The zero-order valence-electron chi connectivity index (χ0n) is 13.3. The van der Waals surface area contributed by atoms with Gasteiger partial charge in [0.05, 0.1) is 17.5 Å². The van der Waals surface area contributed by atoms with E-state index in [4.69, 9.17) is 21.1 Å². The highest BCUT2D eigenvalue weighted by atomic mass is 35.5. The predicted octanol–water partition coefficient (Wildman–Crippen LogP) is 3.35. The molecule has 1 aromatic carbocycles. The van der Waals surface area contributed by atoms with E-state index < -0.39 is 0 Å². The third-order valence-electron chi connectivity index (χ3n) is 4.57. The van der Waals surface area contributed by atoms with E-state index in [9.17, 15) is 4.79 Å². The third kappa shape index (κ3) is 2.84. The third-order valence-corrected chi connectivity index (χ3v) is 4.85. The smallest absolute Gasteiger partial charge is 0.227 e. The van der Waals surface area contributed by atoms with Gasteiger partial charge in [0, 0.05) is 18.4 Å². The van der Waals surface area contributed by atoms with E-state index in [1.807, 2.05) is 29.3 Å². The number of benzene rings is 1. The predicted molar refractivity (Wildman–Crippen MR) is 90.6 cm³/mol. The van der Waals surface area contributed by atoms with Gasteiger partial charge >= 0.3 is 0 Å². The van der Waals surface area contributed by atoms with Gasteiger partial charge in [-0.05, 0) is 42.7 Å². The average Bonchev–Trinajstić information content (AvgIpc) is 3.26. The molecule has 0 aliphatic carbocycles. The number of carbonyl (C=O) groups excluding carboxylic acids is 1. The summed E-state index contributed by atoms with van der Waals surface area (Å²) < 4.78 is 11.1. The van der Waals surface area contributed by atoms with E-state index in [1.54, 1.807) is 6.07 Å². The summed E-state index contributed by atoms with van der Waals surface area (Å²) in [6, 6.07) is 7.80. The van der Waals surface area contributed by atoms with Crippen molar-refractivity contribution in [3.63, 3.8) is 0 Å². The van der Waals surface area contributed by atoms with E-state index in [0.717, 1.165) is 30.6 Å². The molecule has 0 unspecified atom stereocenters. The quantitative estimate of drug-likeness (QED) is 0.927. The van der Waals surface area contributed by atoms with Crippen LogP contribution in [0.5, 0.6) is 11.5 Å². The van der Waals surface area contributed by atoms with Gasteiger partial charge < -0.3 is 19.4 Å². The number of amides is 1. The fourth-order valence-corrected chi connectivity index (χ4v) is 3.77. The van der Waals surface area contributed by atoms with Crippen molar-refractivity contribution in [1.82, 2.24) is 9.88 Å². The van der Waals surface area contributed by atoms with Crippen LogP contribution in [0, 0.1) is 0 Å². The Bertz CT molecular complexity index is 745. The van der Waals surface area contributed by atoms with Crippen molar-refractivity contribution < 1.29 is 14.3 Å². The fourth-order valence-electron chi connectivity index (χ4n) is 3.48. The van der Waals surface area contributed by atoms with Crippen LogP contribution < -0.4 is 9.47 Å². The maximum absolute atomic E-state index is 12.8. The zero-order chi connectivity index (χ0) is 16.5. The molecule has 3 heterocycles. The highest BCUT2D eigenvalue weighted by Crippen LogP contribution is 2.39. The van der Waals surface area contributed by atoms with Crippen molar-refractivity contribution in [3.8, 4) is 11.5 Å². The highest BCUT2D eigenvalue weighted by Gasteiger charge is 2.30. The molecule has 24 heavy (non-hydrogen) atoms. The maximum Gasteiger partial charge on any atom is 0.227 e. The zero-order valence-corrected chi connectivity index (χ0v) is 14.0. The molecule has 4 rings (SSSR count). The number of aromatic amines is 1. The molecule has 126 valence electrons. The van der Waals surface area contributed by atoms with Crippen molar-refractivity contribution in [2.45, 2.75) is 25.3 Å². The number of H-pyrrole nitrogens is 1. The second kappa shape index (κ2) is 6.40. The minimum atomic E-state index is 0.111. The Morgan fingerprint density at radius 1 is 1.33 bits per heavy atom. The van der Waals surface area contributed by atoms with Gasteiger partial charge in [-0.15, -0.1) is 0 Å². The number of ether oxygens (including phenoxy) is 2. The number of hydrogen-bond donors (Lipinski definition) is 1. The molecule has 2 aliphatic rings. The van der Waals surface area contributed by atoms with Gasteiger partial charge in [0.1, 0.15) is 13.2 Å². The fraction of sp³-hybridized carbons (Fsp3) is 0.389. The summed E-state index contributed by atoms with van der Waals surface area (Å²) >= 11 is 6.27. The molecule has 2 aromatic rings. The summed E-state index contributed by atoms with van der Waals surface area (Å²) in [5, 5.41) is 0.498. The van der Waals surface area contributed by atoms with Gasteiger partial charge in [-0.2, -0.15) is 0 Å². The van der Waals surface area contributed by atoms with Crippen LogP contribution in [0.4, 0.5) is 0 Å². The number of nitrogens with one attached hydrogen (secondary N) is 1. The number of aromatic nitrogens is 1. The van der Waals surface area contributed by atoms with Crippen LogP contribution in [-0.4, -0.2) is 35.5 Å². The van der Waals surface area contributed by atoms with Crippen molar-refractivity contribution in [1.29, 1.82) is 0 Å². The summed E-state index contributed by atoms with van der Waals surface area (Å²) in [6.07, 6.45) is 4.23. The van der Waals surface area contributed by atoms with E-state index >= 15 is 0 Å². The summed E-state index contributed by atoms with van der Waals surface area (Å²) in [5.74, 6) is 1.31. The first-order valence-electron chi connectivity index (χ1n) is 8.23. The Morgan fingerprint density at radius 2 is 2.21 bits per heavy atom. The SMILES string of the molecule is O=C(Cc1cc(Cl)c2c(c1)OCCO2)N1CCC[C@@H]1c1ccc[nH]1. The standard InChI is InChI=1S/C18H19ClN2O3/c19-13-9-12(10-16-18(13)24-8-7-23-16)11-17(22)21-6-2-4-15(21)14-3-1-5-20-14/h1,3,5,9-10,15,20H,2,4,6-8,11H2/t15-/m1/s1. The first-order valence-corrected chi connectivity index (χ1v) is 8.61. The Morgan fingerprint density at radius 3 is 3.04 bits per heavy atom. The number of halogens is 1. The van der Waals surface area contributed by atoms with Gasteiger partial charge in [0.15, 0.2) is 11.5 Å². The maximum atomic E-state index is 12.8. The molecule has 0 bridgehead atoms. The number of likely N-dealkylation sites (tertiary alicyclic amines) is 1. The molecule has 1 aromatic heterocycles. The van der Waals surface area contributed by atoms with Gasteiger partial charge in [-0.1, -0.05) is 11.6 Å². The Kier molecular flexibility index (Phi) is 4.10. The minimum Gasteiger partial charge on any atom is -0.486 e. The number of nitrogens with zero attached hydrogens (tertiary/aromatic N) is 1. The second-order valence-electron chi connectivity index (χ2n) is 6.15. The first-order chi connectivity index (χ1) is 11.7. The largest absolute Gasteiger partial charge is 0.486 e. The molecule has 6 heteroatoms. The van der Waals surface area contributed by atoms with Crippen LogP contribution in [0.15, 0.2) is 30.5 Å². The molecule has 0 spiro atoms. The molecule has 1 amide bonds. The van der Waals surface area contributed by atoms with Crippen LogP contribution in [0.1, 0.15) is 30.1 Å². The number of rotatable bonds is 3. The lowest BCUT2D eigenvalue weighted by Crippen LogP contribution is -2.32. The second-order valence-corrected chi connectivity index (χ2v) is 6.56. The van der Waals surface area contributed by atoms with Gasteiger partial charge in [-0.3, -0.25) is 4.79 Å². The summed E-state index contributed by atoms with van der Waals surface area (Å²) in [5.41, 5.74) is 1.95. The van der Waals surface area contributed by atoms with Crippen LogP contribution in [0.25, 0.3) is 0 Å². The van der Waals surface area contributed by atoms with Crippen LogP contribution in [0.2, 0.25) is 5.02 Å². The van der Waals surface area contributed by atoms with E-state index in [1.165, 1.54) is 0 Å². The van der Waals surface area contributed by atoms with E-state index in [2.05, 4.69) is 4.98 Å². The molecule has 0 saturated carbocycles. The topological polar surface area (TPSA) is 54.6 Å². The molecule has 1 N–H and O–H groups in total. The molecule has 5 nitrogen and oxygen atoms in total. The number of hydrogen-bond acceptors (Lipinski definition) is 3. The highest BCUT2D eigenvalue weighted by molar-refractivity contribution is 6.32. The lowest BCUT2D eigenvalue weighted by Gasteiger charge is -2.25. The lowest BCUT2D eigenvalue weighted by molar-refractivity contribution is -0.131. The van der Waals surface area contributed by atoms with Crippen molar-refractivity contribution in [3.05, 3.63) is 46.7 Å². The van der Waals surface area contributed by atoms with Crippen molar-refractivity contribution >= 4 is 17.5 Å². The summed E-state index contributed by atoms with van der Waals surface area (Å²) in [7, 11) is 0. The first kappa shape index (κ1) is 15.4. The van der Waals surface area contributed by atoms with Crippen LogP contribution >= 0.6 is 11.6 Å². The normalized spacial score (nSPS) is 19.5. The molecular formula is C18H19ClN2O3. The molecule has 1 saturated heterocycles. The van der Waals surface area contributed by atoms with Gasteiger partial charge in [0.2, 0.25) is 5.91 Å². The molecule has 2 aliphatic heterocycles. The monoisotopic (exact) mass is 346 g/mol. The summed E-state index contributed by atoms with van der Waals surface area (Å²) in [4.78, 5) is 18.0. The van der Waals surface area contributed by atoms with E-state index in [-0.39, 0.29) is 11.9 Å². The summed E-state index contributed by atoms with van der Waals surface area (Å²) in [6.45, 7) is 1.79. The Balaban J connectivity index is 1.53. The van der Waals surface area contributed by atoms with Crippen LogP contribution in [0.3, 0.4) is 0 Å². The minimum absolute atomic E-state index is 0.111. The molecule has 0 radical (unpaired) electrons. The van der Waals surface area contributed by atoms with Gasteiger partial charge in [-0.25, -0.2) is 0 Å². The van der Waals surface area contributed by atoms with Crippen molar-refractivity contribution in [2.75, 3.05) is 19.8 Å². The average molecular weight is 347 g/mol. The lowest BCUT2D eigenvalue weighted by atomic mass is 10.1. The molecule has 1 atom stereocenters. The number of carbonyl (C=O) groups is 1. The Labute approximate surface area is 145 Å². The number of fused-ring (bicyclic) bond motifs is 1. The van der Waals surface area contributed by atoms with Crippen LogP contribution in [-0.2, 0) is 11.2 Å². The molecular weight excluding hydrogens is 328 g/mol. The van der Waals surface area contributed by atoms with Gasteiger partial charge in [0.25, 0.3) is 0 Å². The Hall–Kier alpha value is -2.14. The molecule has 1 fully saturated rings.